The summed E-state index contributed by atoms with van der Waals surface area (Å²) in [5, 5.41) is 0. The second kappa shape index (κ2) is 3.55. The van der Waals surface area contributed by atoms with Gasteiger partial charge in [0.2, 0.25) is 0 Å². The highest BCUT2D eigenvalue weighted by Gasteiger charge is 2.61. The van der Waals surface area contributed by atoms with E-state index in [2.05, 4.69) is 32.6 Å². The molecule has 2 fully saturated rings. The predicted octanol–water partition coefficient (Wildman–Crippen LogP) is 2.75. The second-order valence-electron chi connectivity index (χ2n) is 6.10. The summed E-state index contributed by atoms with van der Waals surface area (Å²) >= 11 is 0. The third-order valence-corrected chi connectivity index (χ3v) is 4.88. The normalized spacial score (nSPS) is 44.3. The molecular weight excluding hydrogens is 212 g/mol. The van der Waals surface area contributed by atoms with Gasteiger partial charge in [0.25, 0.3) is 0 Å². The lowest BCUT2D eigenvalue weighted by molar-refractivity contribution is -0.124. The van der Waals surface area contributed by atoms with Crippen LogP contribution in [-0.4, -0.2) is 18.5 Å². The van der Waals surface area contributed by atoms with Crippen molar-refractivity contribution in [3.63, 3.8) is 0 Å². The van der Waals surface area contributed by atoms with Crippen LogP contribution in [0.5, 0.6) is 0 Å². The molecule has 1 aliphatic heterocycles. The van der Waals surface area contributed by atoms with Gasteiger partial charge in [-0.25, -0.2) is 0 Å². The van der Waals surface area contributed by atoms with Crippen molar-refractivity contribution in [1.82, 2.24) is 0 Å². The molecule has 2 bridgehead atoms. The summed E-state index contributed by atoms with van der Waals surface area (Å²) in [5.41, 5.74) is 0.824. The van der Waals surface area contributed by atoms with Gasteiger partial charge in [0, 0.05) is 12.3 Å². The summed E-state index contributed by atoms with van der Waals surface area (Å²) in [6.07, 6.45) is 5.93. The minimum absolute atomic E-state index is 0.101. The molecule has 3 aliphatic rings. The third-order valence-electron chi connectivity index (χ3n) is 4.88. The van der Waals surface area contributed by atoms with Crippen LogP contribution < -0.4 is 0 Å². The summed E-state index contributed by atoms with van der Waals surface area (Å²) in [7, 11) is 0. The highest BCUT2D eigenvalue weighted by molar-refractivity contribution is 5.90. The summed E-state index contributed by atoms with van der Waals surface area (Å²) in [4.78, 5) is 12.4. The number of allylic oxidation sites excluding steroid dienone is 1. The molecule has 1 heterocycles. The van der Waals surface area contributed by atoms with E-state index in [0.717, 1.165) is 18.4 Å². The van der Waals surface area contributed by atoms with Gasteiger partial charge in [-0.3, -0.25) is 4.79 Å². The number of hydrogen-bond donors (Lipinski definition) is 0. The molecule has 4 atom stereocenters. The van der Waals surface area contributed by atoms with Crippen molar-refractivity contribution in [3.05, 3.63) is 24.3 Å². The molecule has 17 heavy (non-hydrogen) atoms. The quantitative estimate of drug-likeness (QED) is 0.650. The van der Waals surface area contributed by atoms with Crippen molar-refractivity contribution in [2.75, 3.05) is 6.61 Å². The molecule has 0 aromatic rings. The summed E-state index contributed by atoms with van der Waals surface area (Å²) < 4.78 is 5.91. The lowest BCUT2D eigenvalue weighted by Crippen LogP contribution is -2.33. The van der Waals surface area contributed by atoms with Crippen molar-refractivity contribution < 1.29 is 9.53 Å². The fraction of sp³-hybridized carbons (Fsp3) is 0.667. The Kier molecular flexibility index (Phi) is 2.34. The van der Waals surface area contributed by atoms with Gasteiger partial charge in [-0.2, -0.15) is 0 Å². The van der Waals surface area contributed by atoms with E-state index in [-0.39, 0.29) is 11.5 Å². The van der Waals surface area contributed by atoms with Crippen LogP contribution in [0.4, 0.5) is 0 Å². The first-order chi connectivity index (χ1) is 8.06. The number of Topliss-reactive ketones (excluding diaryl/α,β-unsaturated/α-hetero) is 1. The number of hydrogen-bond acceptors (Lipinski definition) is 2. The lowest BCUT2D eigenvalue weighted by atomic mass is 9.72. The maximum absolute atomic E-state index is 12.4. The van der Waals surface area contributed by atoms with E-state index in [9.17, 15) is 4.79 Å². The first-order valence-electron chi connectivity index (χ1n) is 6.56. The molecule has 2 aliphatic carbocycles. The van der Waals surface area contributed by atoms with Crippen LogP contribution in [0.1, 0.15) is 26.7 Å². The monoisotopic (exact) mass is 232 g/mol. The molecule has 1 saturated heterocycles. The van der Waals surface area contributed by atoms with E-state index in [1.165, 1.54) is 0 Å². The van der Waals surface area contributed by atoms with Gasteiger partial charge in [-0.15, -0.1) is 0 Å². The van der Waals surface area contributed by atoms with Gasteiger partial charge < -0.3 is 4.74 Å². The minimum Gasteiger partial charge on any atom is -0.372 e. The zero-order chi connectivity index (χ0) is 12.2. The highest BCUT2D eigenvalue weighted by Crippen LogP contribution is 2.57. The molecule has 4 unspecified atom stereocenters. The molecule has 1 saturated carbocycles. The Balaban J connectivity index is 2.09. The van der Waals surface area contributed by atoms with Crippen LogP contribution in [0.25, 0.3) is 0 Å². The fourth-order valence-electron chi connectivity index (χ4n) is 3.91. The molecule has 2 nitrogen and oxygen atoms in total. The smallest absolute Gasteiger partial charge is 0.145 e. The molecule has 92 valence electrons. The maximum Gasteiger partial charge on any atom is 0.145 e. The number of carbonyl (C=O) groups is 1. The van der Waals surface area contributed by atoms with Crippen LogP contribution in [-0.2, 0) is 9.53 Å². The zero-order valence-electron chi connectivity index (χ0n) is 10.6. The molecular formula is C15H20O2. The van der Waals surface area contributed by atoms with Gasteiger partial charge in [0.1, 0.15) is 5.78 Å². The number of ketones is 1. The number of carbonyl (C=O) groups excluding carboxylic acids is 1. The van der Waals surface area contributed by atoms with Gasteiger partial charge in [-0.05, 0) is 23.8 Å². The summed E-state index contributed by atoms with van der Waals surface area (Å²) in [6, 6.07) is 0. The Morgan fingerprint density at radius 2 is 2.29 bits per heavy atom. The summed E-state index contributed by atoms with van der Waals surface area (Å²) in [6.45, 7) is 9.14. The van der Waals surface area contributed by atoms with E-state index in [1.807, 2.05) is 0 Å². The van der Waals surface area contributed by atoms with Crippen LogP contribution in [0, 0.1) is 23.2 Å². The topological polar surface area (TPSA) is 26.3 Å². The number of ether oxygens (including phenoxy) is 1. The van der Waals surface area contributed by atoms with Crippen LogP contribution in [0.3, 0.4) is 0 Å². The molecule has 0 radical (unpaired) electrons. The highest BCUT2D eigenvalue weighted by atomic mass is 16.5. The Bertz CT molecular complexity index is 407. The lowest BCUT2D eigenvalue weighted by Gasteiger charge is -2.29. The van der Waals surface area contributed by atoms with Crippen molar-refractivity contribution in [3.8, 4) is 0 Å². The Morgan fingerprint density at radius 3 is 3.00 bits per heavy atom. The Hall–Kier alpha value is -0.890. The van der Waals surface area contributed by atoms with Crippen molar-refractivity contribution in [2.45, 2.75) is 32.8 Å². The van der Waals surface area contributed by atoms with Crippen molar-refractivity contribution >= 4 is 5.78 Å². The molecule has 0 amide bonds. The van der Waals surface area contributed by atoms with E-state index < -0.39 is 0 Å². The molecule has 0 spiro atoms. The molecule has 0 N–H and O–H groups in total. The average molecular weight is 232 g/mol. The van der Waals surface area contributed by atoms with Gasteiger partial charge in [-0.1, -0.05) is 32.6 Å². The Morgan fingerprint density at radius 1 is 1.53 bits per heavy atom. The molecule has 0 aromatic carbocycles. The predicted molar refractivity (Wildman–Crippen MR) is 66.5 cm³/mol. The van der Waals surface area contributed by atoms with Crippen LogP contribution in [0.2, 0.25) is 0 Å². The van der Waals surface area contributed by atoms with E-state index >= 15 is 0 Å². The van der Waals surface area contributed by atoms with Crippen molar-refractivity contribution in [2.24, 2.45) is 23.2 Å². The molecule has 0 aromatic heterocycles. The fourth-order valence-corrected chi connectivity index (χ4v) is 3.91. The van der Waals surface area contributed by atoms with E-state index in [4.69, 9.17) is 4.74 Å². The van der Waals surface area contributed by atoms with E-state index in [1.54, 1.807) is 0 Å². The van der Waals surface area contributed by atoms with E-state index in [0.29, 0.717) is 30.1 Å². The first-order valence-corrected chi connectivity index (χ1v) is 6.56. The van der Waals surface area contributed by atoms with Gasteiger partial charge in [0.15, 0.2) is 0 Å². The van der Waals surface area contributed by atoms with Gasteiger partial charge in [0.05, 0.1) is 18.1 Å². The zero-order valence-corrected chi connectivity index (χ0v) is 10.6. The van der Waals surface area contributed by atoms with Crippen molar-refractivity contribution in [1.29, 1.82) is 0 Å². The van der Waals surface area contributed by atoms with Crippen LogP contribution in [0.15, 0.2) is 24.3 Å². The maximum atomic E-state index is 12.4. The Labute approximate surface area is 103 Å². The molecule has 2 heteroatoms. The second-order valence-corrected chi connectivity index (χ2v) is 6.10. The summed E-state index contributed by atoms with van der Waals surface area (Å²) in [5.74, 6) is 1.71. The SMILES string of the molecule is C=C1CC=CC23COC1C2C(C(C)C)CC3=O. The number of rotatable bonds is 1. The van der Waals surface area contributed by atoms with Crippen LogP contribution >= 0.6 is 0 Å². The standard InChI is InChI=1S/C15H20O2/c1-9(2)11-7-12(16)15-6-4-5-10(3)14(13(11)15)17-8-15/h4,6,9,11,13-14H,3,5,7-8H2,1-2H3. The average Bonchev–Trinajstić information content (AvgIpc) is 2.70. The first kappa shape index (κ1) is 11.2. The van der Waals surface area contributed by atoms with Gasteiger partial charge >= 0.3 is 0 Å². The molecule has 3 rings (SSSR count). The minimum atomic E-state index is -0.320. The third kappa shape index (κ3) is 1.33. The largest absolute Gasteiger partial charge is 0.372 e.